The molecule has 1 unspecified atom stereocenters. The Morgan fingerprint density at radius 1 is 1.24 bits per heavy atom. The minimum absolute atomic E-state index is 0.0651. The molecule has 0 fully saturated rings. The molecule has 25 heavy (non-hydrogen) atoms. The van der Waals surface area contributed by atoms with Gasteiger partial charge in [0.15, 0.2) is 0 Å². The number of amides is 3. The highest BCUT2D eigenvalue weighted by atomic mass is 19.1. The largest absolute Gasteiger partial charge is 0.352 e. The van der Waals surface area contributed by atoms with Crippen LogP contribution in [0.3, 0.4) is 0 Å². The summed E-state index contributed by atoms with van der Waals surface area (Å²) in [7, 11) is 0. The Morgan fingerprint density at radius 2 is 1.96 bits per heavy atom. The number of carbonyl (C=O) groups is 2. The molecule has 7 nitrogen and oxygen atoms in total. The van der Waals surface area contributed by atoms with Crippen LogP contribution < -0.4 is 16.0 Å². The van der Waals surface area contributed by atoms with Crippen molar-refractivity contribution in [3.05, 3.63) is 47.8 Å². The first-order valence-electron chi connectivity index (χ1n) is 8.00. The summed E-state index contributed by atoms with van der Waals surface area (Å²) in [6.07, 6.45) is 1.85. The highest BCUT2D eigenvalue weighted by Crippen LogP contribution is 2.11. The number of nitrogens with one attached hydrogen (secondary N) is 3. The molecule has 0 saturated carbocycles. The fourth-order valence-corrected chi connectivity index (χ4v) is 2.19. The lowest BCUT2D eigenvalue weighted by atomic mass is 10.2. The minimum atomic E-state index is -0.750. The third-order valence-corrected chi connectivity index (χ3v) is 3.60. The second-order valence-electron chi connectivity index (χ2n) is 5.55. The molecule has 2 rings (SSSR count). The molecule has 1 aromatic heterocycles. The Bertz CT molecular complexity index is 717. The van der Waals surface area contributed by atoms with Gasteiger partial charge >= 0.3 is 6.03 Å². The number of para-hydroxylation sites is 1. The van der Waals surface area contributed by atoms with Crippen LogP contribution in [0.2, 0.25) is 0 Å². The van der Waals surface area contributed by atoms with Crippen molar-refractivity contribution >= 4 is 11.9 Å². The smallest absolute Gasteiger partial charge is 0.315 e. The van der Waals surface area contributed by atoms with Gasteiger partial charge in [-0.25, -0.2) is 13.9 Å². The fraction of sp³-hybridized carbons (Fsp3) is 0.353. The Labute approximate surface area is 145 Å². The molecule has 0 saturated heterocycles. The number of halogens is 1. The van der Waals surface area contributed by atoms with Gasteiger partial charge in [-0.2, -0.15) is 5.10 Å². The number of nitrogens with zero attached hydrogens (tertiary/aromatic N) is 2. The summed E-state index contributed by atoms with van der Waals surface area (Å²) in [4.78, 5) is 23.5. The van der Waals surface area contributed by atoms with E-state index in [2.05, 4.69) is 21.0 Å². The van der Waals surface area contributed by atoms with Crippen molar-refractivity contribution in [2.75, 3.05) is 13.2 Å². The summed E-state index contributed by atoms with van der Waals surface area (Å²) >= 11 is 0. The third kappa shape index (κ3) is 5.30. The normalized spacial score (nSPS) is 11.6. The van der Waals surface area contributed by atoms with Gasteiger partial charge in [-0.3, -0.25) is 4.79 Å². The van der Waals surface area contributed by atoms with E-state index < -0.39 is 24.7 Å². The Hall–Kier alpha value is -2.90. The van der Waals surface area contributed by atoms with E-state index in [-0.39, 0.29) is 13.1 Å². The zero-order chi connectivity index (χ0) is 18.2. The first-order chi connectivity index (χ1) is 12.0. The van der Waals surface area contributed by atoms with Crippen molar-refractivity contribution in [3.8, 4) is 5.69 Å². The number of hydrogen-bond acceptors (Lipinski definition) is 3. The van der Waals surface area contributed by atoms with Crippen LogP contribution in [-0.4, -0.2) is 41.0 Å². The van der Waals surface area contributed by atoms with Crippen molar-refractivity contribution in [2.24, 2.45) is 0 Å². The molecule has 0 radical (unpaired) electrons. The predicted molar refractivity (Wildman–Crippen MR) is 92.1 cm³/mol. The summed E-state index contributed by atoms with van der Waals surface area (Å²) < 4.78 is 13.8. The van der Waals surface area contributed by atoms with Gasteiger partial charge in [-0.05, 0) is 26.0 Å². The monoisotopic (exact) mass is 347 g/mol. The molecule has 8 heteroatoms. The van der Waals surface area contributed by atoms with Gasteiger partial charge < -0.3 is 16.0 Å². The first-order valence-corrected chi connectivity index (χ1v) is 8.00. The maximum Gasteiger partial charge on any atom is 0.315 e. The van der Waals surface area contributed by atoms with Crippen LogP contribution in [0.5, 0.6) is 0 Å². The van der Waals surface area contributed by atoms with E-state index in [0.717, 1.165) is 16.9 Å². The van der Waals surface area contributed by atoms with Crippen LogP contribution in [0.1, 0.15) is 18.2 Å². The van der Waals surface area contributed by atoms with Crippen LogP contribution >= 0.6 is 0 Å². The zero-order valence-corrected chi connectivity index (χ0v) is 14.3. The lowest BCUT2D eigenvalue weighted by molar-refractivity contribution is -0.122. The molecule has 2 aromatic rings. The maximum atomic E-state index is 12.0. The molecule has 3 amide bonds. The standard InChI is InChI=1S/C17H22FN5O2/c1-12-14(11-23(22-12)15-6-4-3-5-7-15)10-20-17(25)21-13(2)16(24)19-9-8-18/h3-7,11,13H,8-10H2,1-2H3,(H,19,24)(H2,20,21,25). The van der Waals surface area contributed by atoms with E-state index in [4.69, 9.17) is 0 Å². The average Bonchev–Trinajstić information content (AvgIpc) is 2.99. The molecule has 0 aliphatic rings. The highest BCUT2D eigenvalue weighted by molar-refractivity contribution is 5.86. The molecule has 1 aromatic carbocycles. The van der Waals surface area contributed by atoms with Crippen LogP contribution in [0, 0.1) is 6.92 Å². The van der Waals surface area contributed by atoms with Crippen LogP contribution in [0.15, 0.2) is 36.5 Å². The van der Waals surface area contributed by atoms with Gasteiger partial charge in [0.25, 0.3) is 0 Å². The number of aromatic nitrogens is 2. The molecule has 0 bridgehead atoms. The average molecular weight is 347 g/mol. The second kappa shape index (κ2) is 8.81. The van der Waals surface area contributed by atoms with Crippen molar-refractivity contribution in [1.82, 2.24) is 25.7 Å². The van der Waals surface area contributed by atoms with Crippen molar-refractivity contribution < 1.29 is 14.0 Å². The molecular weight excluding hydrogens is 325 g/mol. The molecule has 0 aliphatic heterocycles. The summed E-state index contributed by atoms with van der Waals surface area (Å²) in [5.41, 5.74) is 2.60. The summed E-state index contributed by atoms with van der Waals surface area (Å²) in [5.74, 6) is -0.430. The van der Waals surface area contributed by atoms with E-state index in [1.54, 1.807) is 4.68 Å². The minimum Gasteiger partial charge on any atom is -0.352 e. The topological polar surface area (TPSA) is 88.1 Å². The number of benzene rings is 1. The Morgan fingerprint density at radius 3 is 2.64 bits per heavy atom. The highest BCUT2D eigenvalue weighted by Gasteiger charge is 2.15. The summed E-state index contributed by atoms with van der Waals surface area (Å²) in [6, 6.07) is 8.43. The number of carbonyl (C=O) groups excluding carboxylic acids is 2. The molecule has 3 N–H and O–H groups in total. The van der Waals surface area contributed by atoms with Gasteiger partial charge in [0.2, 0.25) is 5.91 Å². The van der Waals surface area contributed by atoms with Gasteiger partial charge in [-0.1, -0.05) is 18.2 Å². The maximum absolute atomic E-state index is 12.0. The molecule has 0 aliphatic carbocycles. The third-order valence-electron chi connectivity index (χ3n) is 3.60. The Balaban J connectivity index is 1.88. The van der Waals surface area contributed by atoms with Gasteiger partial charge in [-0.15, -0.1) is 0 Å². The number of aryl methyl sites for hydroxylation is 1. The first kappa shape index (κ1) is 18.4. The number of hydrogen-bond donors (Lipinski definition) is 3. The second-order valence-corrected chi connectivity index (χ2v) is 5.55. The van der Waals surface area contributed by atoms with Gasteiger partial charge in [0.05, 0.1) is 11.4 Å². The lowest BCUT2D eigenvalue weighted by Gasteiger charge is -2.14. The lowest BCUT2D eigenvalue weighted by Crippen LogP contribution is -2.48. The molecule has 0 spiro atoms. The zero-order valence-electron chi connectivity index (χ0n) is 14.3. The quantitative estimate of drug-likeness (QED) is 0.708. The van der Waals surface area contributed by atoms with Gasteiger partial charge in [0, 0.05) is 24.8 Å². The van der Waals surface area contributed by atoms with E-state index in [1.165, 1.54) is 6.92 Å². The fourth-order valence-electron chi connectivity index (χ4n) is 2.19. The molecular formula is C17H22FN5O2. The molecule has 1 atom stereocenters. The number of alkyl halides is 1. The van der Waals surface area contributed by atoms with E-state index in [1.807, 2.05) is 43.5 Å². The van der Waals surface area contributed by atoms with E-state index >= 15 is 0 Å². The van der Waals surface area contributed by atoms with Crippen molar-refractivity contribution in [2.45, 2.75) is 26.4 Å². The number of urea groups is 1. The SMILES string of the molecule is Cc1nn(-c2ccccc2)cc1CNC(=O)NC(C)C(=O)NCCF. The number of rotatable bonds is 7. The van der Waals surface area contributed by atoms with Gasteiger partial charge in [0.1, 0.15) is 12.7 Å². The Kier molecular flexibility index (Phi) is 6.50. The van der Waals surface area contributed by atoms with E-state index in [0.29, 0.717) is 0 Å². The van der Waals surface area contributed by atoms with Crippen molar-refractivity contribution in [1.29, 1.82) is 0 Å². The summed E-state index contributed by atoms with van der Waals surface area (Å²) in [6.45, 7) is 2.97. The van der Waals surface area contributed by atoms with Crippen LogP contribution in [0.25, 0.3) is 5.69 Å². The van der Waals surface area contributed by atoms with Crippen LogP contribution in [0.4, 0.5) is 9.18 Å². The van der Waals surface area contributed by atoms with Crippen LogP contribution in [-0.2, 0) is 11.3 Å². The predicted octanol–water partition coefficient (Wildman–Crippen LogP) is 1.45. The molecule has 1 heterocycles. The van der Waals surface area contributed by atoms with E-state index in [9.17, 15) is 14.0 Å². The molecule has 134 valence electrons. The summed E-state index contributed by atoms with van der Waals surface area (Å²) in [5, 5.41) is 12.0. The van der Waals surface area contributed by atoms with Crippen molar-refractivity contribution in [3.63, 3.8) is 0 Å².